The van der Waals surface area contributed by atoms with Crippen molar-refractivity contribution in [3.8, 4) is 0 Å². The van der Waals surface area contributed by atoms with Gasteiger partial charge in [-0.1, -0.05) is 26.7 Å². The molecule has 1 heterocycles. The number of hydrogen-bond donors (Lipinski definition) is 1. The van der Waals surface area contributed by atoms with Crippen molar-refractivity contribution in [1.29, 1.82) is 0 Å². The Morgan fingerprint density at radius 3 is 2.71 bits per heavy atom. The highest BCUT2D eigenvalue weighted by Crippen LogP contribution is 2.50. The van der Waals surface area contributed by atoms with E-state index in [9.17, 15) is 0 Å². The summed E-state index contributed by atoms with van der Waals surface area (Å²) in [4.78, 5) is 0. The first-order valence-corrected chi connectivity index (χ1v) is 6.45. The highest BCUT2D eigenvalue weighted by atomic mass is 14.9. The SMILES string of the molecule is CC(C)C1CCCC12CCCCNC2. The van der Waals surface area contributed by atoms with Crippen molar-refractivity contribution in [3.63, 3.8) is 0 Å². The van der Waals surface area contributed by atoms with Crippen LogP contribution in [0.3, 0.4) is 0 Å². The van der Waals surface area contributed by atoms with Crippen LogP contribution in [0, 0.1) is 17.3 Å². The van der Waals surface area contributed by atoms with Crippen molar-refractivity contribution < 1.29 is 0 Å². The predicted molar refractivity (Wildman–Crippen MR) is 61.3 cm³/mol. The fourth-order valence-electron chi connectivity index (χ4n) is 3.89. The Balaban J connectivity index is 2.10. The lowest BCUT2D eigenvalue weighted by molar-refractivity contribution is 0.140. The highest BCUT2D eigenvalue weighted by Gasteiger charge is 2.43. The zero-order chi connectivity index (χ0) is 10.0. The summed E-state index contributed by atoms with van der Waals surface area (Å²) >= 11 is 0. The normalized spacial score (nSPS) is 39.2. The Labute approximate surface area is 88.7 Å². The molecule has 2 aliphatic rings. The summed E-state index contributed by atoms with van der Waals surface area (Å²) in [5.41, 5.74) is 0.685. The van der Waals surface area contributed by atoms with E-state index in [-0.39, 0.29) is 0 Å². The first-order valence-electron chi connectivity index (χ1n) is 6.45. The molecule has 1 saturated heterocycles. The standard InChI is InChI=1S/C13H25N/c1-11(2)12-6-5-8-13(12)7-3-4-9-14-10-13/h11-12,14H,3-10H2,1-2H3. The summed E-state index contributed by atoms with van der Waals surface area (Å²) in [6.07, 6.45) is 8.79. The molecule has 0 aromatic carbocycles. The minimum atomic E-state index is 0.685. The van der Waals surface area contributed by atoms with Gasteiger partial charge >= 0.3 is 0 Å². The quantitative estimate of drug-likeness (QED) is 0.677. The van der Waals surface area contributed by atoms with Gasteiger partial charge in [0.25, 0.3) is 0 Å². The molecule has 0 amide bonds. The van der Waals surface area contributed by atoms with Crippen molar-refractivity contribution in [2.24, 2.45) is 17.3 Å². The van der Waals surface area contributed by atoms with Crippen LogP contribution in [0.2, 0.25) is 0 Å². The van der Waals surface area contributed by atoms with Gasteiger partial charge < -0.3 is 5.32 Å². The summed E-state index contributed by atoms with van der Waals surface area (Å²) < 4.78 is 0. The molecule has 0 radical (unpaired) electrons. The van der Waals surface area contributed by atoms with Crippen LogP contribution in [0.25, 0.3) is 0 Å². The molecule has 2 unspecified atom stereocenters. The van der Waals surface area contributed by atoms with Gasteiger partial charge in [-0.2, -0.15) is 0 Å². The molecule has 0 aromatic rings. The Hall–Kier alpha value is -0.0400. The van der Waals surface area contributed by atoms with Gasteiger partial charge in [0, 0.05) is 6.54 Å². The van der Waals surface area contributed by atoms with E-state index in [0.29, 0.717) is 5.41 Å². The van der Waals surface area contributed by atoms with Crippen LogP contribution in [0.1, 0.15) is 52.4 Å². The third kappa shape index (κ3) is 1.84. The van der Waals surface area contributed by atoms with E-state index in [1.54, 1.807) is 0 Å². The van der Waals surface area contributed by atoms with E-state index in [0.717, 1.165) is 11.8 Å². The molecule has 1 aliphatic carbocycles. The number of nitrogens with one attached hydrogen (secondary N) is 1. The largest absolute Gasteiger partial charge is 0.316 e. The van der Waals surface area contributed by atoms with Crippen LogP contribution < -0.4 is 5.32 Å². The zero-order valence-electron chi connectivity index (χ0n) is 9.81. The molecule has 1 nitrogen and oxygen atoms in total. The van der Waals surface area contributed by atoms with Crippen LogP contribution in [-0.4, -0.2) is 13.1 Å². The summed E-state index contributed by atoms with van der Waals surface area (Å²) in [5, 5.41) is 3.66. The van der Waals surface area contributed by atoms with Crippen molar-refractivity contribution in [2.75, 3.05) is 13.1 Å². The van der Waals surface area contributed by atoms with Crippen molar-refractivity contribution in [2.45, 2.75) is 52.4 Å². The second-order valence-electron chi connectivity index (χ2n) is 5.74. The average molecular weight is 195 g/mol. The number of hydrogen-bond acceptors (Lipinski definition) is 1. The molecule has 0 aromatic heterocycles. The van der Waals surface area contributed by atoms with E-state index in [4.69, 9.17) is 0 Å². The van der Waals surface area contributed by atoms with Crippen LogP contribution in [0.15, 0.2) is 0 Å². The second-order valence-corrected chi connectivity index (χ2v) is 5.74. The van der Waals surface area contributed by atoms with Crippen LogP contribution in [-0.2, 0) is 0 Å². The fourth-order valence-corrected chi connectivity index (χ4v) is 3.89. The summed E-state index contributed by atoms with van der Waals surface area (Å²) in [6.45, 7) is 7.40. The summed E-state index contributed by atoms with van der Waals surface area (Å²) in [6, 6.07) is 0. The van der Waals surface area contributed by atoms with Gasteiger partial charge in [-0.15, -0.1) is 0 Å². The van der Waals surface area contributed by atoms with Gasteiger partial charge in [0.2, 0.25) is 0 Å². The lowest BCUT2D eigenvalue weighted by atomic mass is 9.70. The monoisotopic (exact) mass is 195 g/mol. The predicted octanol–water partition coefficient (Wildman–Crippen LogP) is 3.20. The molecule has 1 saturated carbocycles. The lowest BCUT2D eigenvalue weighted by Gasteiger charge is -2.37. The minimum Gasteiger partial charge on any atom is -0.316 e. The van der Waals surface area contributed by atoms with Gasteiger partial charge in [-0.3, -0.25) is 0 Å². The van der Waals surface area contributed by atoms with E-state index >= 15 is 0 Å². The fraction of sp³-hybridized carbons (Fsp3) is 1.00. The molecular formula is C13H25N. The molecule has 0 bridgehead atoms. The van der Waals surface area contributed by atoms with Gasteiger partial charge in [-0.25, -0.2) is 0 Å². The first kappa shape index (κ1) is 10.5. The Bertz CT molecular complexity index is 178. The molecule has 1 N–H and O–H groups in total. The van der Waals surface area contributed by atoms with Crippen LogP contribution in [0.4, 0.5) is 0 Å². The van der Waals surface area contributed by atoms with Crippen molar-refractivity contribution >= 4 is 0 Å². The van der Waals surface area contributed by atoms with Gasteiger partial charge in [0.15, 0.2) is 0 Å². The molecule has 2 fully saturated rings. The molecule has 2 rings (SSSR count). The molecule has 1 aliphatic heterocycles. The number of rotatable bonds is 1. The maximum absolute atomic E-state index is 3.66. The van der Waals surface area contributed by atoms with Crippen molar-refractivity contribution in [1.82, 2.24) is 5.32 Å². The maximum Gasteiger partial charge on any atom is 0.00106 e. The molecule has 2 atom stereocenters. The van der Waals surface area contributed by atoms with Gasteiger partial charge in [-0.05, 0) is 49.5 Å². The molecule has 1 spiro atoms. The van der Waals surface area contributed by atoms with Crippen LogP contribution >= 0.6 is 0 Å². The Kier molecular flexibility index (Phi) is 3.16. The topological polar surface area (TPSA) is 12.0 Å². The Morgan fingerprint density at radius 1 is 1.14 bits per heavy atom. The molecular weight excluding hydrogens is 170 g/mol. The van der Waals surface area contributed by atoms with Crippen LogP contribution in [0.5, 0.6) is 0 Å². The van der Waals surface area contributed by atoms with E-state index in [1.807, 2.05) is 0 Å². The Morgan fingerprint density at radius 2 is 1.93 bits per heavy atom. The third-order valence-electron chi connectivity index (χ3n) is 4.54. The summed E-state index contributed by atoms with van der Waals surface area (Å²) in [7, 11) is 0. The van der Waals surface area contributed by atoms with E-state index in [1.165, 1.54) is 51.6 Å². The first-order chi connectivity index (χ1) is 6.75. The minimum absolute atomic E-state index is 0.685. The van der Waals surface area contributed by atoms with E-state index < -0.39 is 0 Å². The zero-order valence-corrected chi connectivity index (χ0v) is 9.81. The summed E-state index contributed by atoms with van der Waals surface area (Å²) in [5.74, 6) is 1.88. The van der Waals surface area contributed by atoms with Gasteiger partial charge in [0.1, 0.15) is 0 Å². The van der Waals surface area contributed by atoms with E-state index in [2.05, 4.69) is 19.2 Å². The maximum atomic E-state index is 3.66. The molecule has 1 heteroatoms. The smallest absolute Gasteiger partial charge is 0.00106 e. The highest BCUT2D eigenvalue weighted by molar-refractivity contribution is 4.95. The molecule has 14 heavy (non-hydrogen) atoms. The molecule has 82 valence electrons. The average Bonchev–Trinajstić information content (AvgIpc) is 2.39. The lowest BCUT2D eigenvalue weighted by Crippen LogP contribution is -2.37. The third-order valence-corrected chi connectivity index (χ3v) is 4.54. The van der Waals surface area contributed by atoms with Gasteiger partial charge in [0.05, 0.1) is 0 Å². The second kappa shape index (κ2) is 4.22. The van der Waals surface area contributed by atoms with Crippen molar-refractivity contribution in [3.05, 3.63) is 0 Å².